The molecule has 2 atom stereocenters. The fraction of sp³-hybridized carbons (Fsp3) is 0.385. The first-order chi connectivity index (χ1) is 23.8. The minimum absolute atomic E-state index is 0.00921. The Labute approximate surface area is 289 Å². The van der Waals surface area contributed by atoms with Crippen LogP contribution in [0.5, 0.6) is 0 Å². The smallest absolute Gasteiger partial charge is 0.332 e. The van der Waals surface area contributed by atoms with Crippen LogP contribution in [0, 0.1) is 24.1 Å². The van der Waals surface area contributed by atoms with Gasteiger partial charge in [0.25, 0.3) is 5.91 Å². The first kappa shape index (κ1) is 33.0. The molecule has 1 unspecified atom stereocenters. The number of nitriles is 1. The Kier molecular flexibility index (Phi) is 9.27. The molecule has 8 nitrogen and oxygen atoms in total. The Hall–Kier alpha value is -4.52. The summed E-state index contributed by atoms with van der Waals surface area (Å²) < 4.78 is 20.4. The number of halogens is 2. The summed E-state index contributed by atoms with van der Waals surface area (Å²) in [6, 6.07) is 15.6. The quantitative estimate of drug-likeness (QED) is 0.126. The number of hydrogen-bond donors (Lipinski definition) is 1. The third-order valence-electron chi connectivity index (χ3n) is 10.3. The highest BCUT2D eigenvalue weighted by atomic mass is 35.5. The summed E-state index contributed by atoms with van der Waals surface area (Å²) in [6.45, 7) is 2.71. The fourth-order valence-electron chi connectivity index (χ4n) is 7.70. The van der Waals surface area contributed by atoms with E-state index in [0.29, 0.717) is 53.9 Å². The molecule has 49 heavy (non-hydrogen) atoms. The molecular formula is C39H38ClFN4O4. The molecule has 2 saturated heterocycles. The molecule has 10 heteroatoms. The van der Waals surface area contributed by atoms with E-state index in [1.54, 1.807) is 17.9 Å². The number of carbonyl (C=O) groups is 3. The maximum Gasteiger partial charge on any atom is 0.332 e. The van der Waals surface area contributed by atoms with Crippen molar-refractivity contribution in [3.8, 4) is 17.3 Å². The van der Waals surface area contributed by atoms with E-state index in [1.165, 1.54) is 28.7 Å². The number of urea groups is 1. The Morgan fingerprint density at radius 2 is 1.80 bits per heavy atom. The lowest BCUT2D eigenvalue weighted by molar-refractivity contribution is -0.122. The maximum absolute atomic E-state index is 14.3. The third-order valence-corrected chi connectivity index (χ3v) is 10.7. The van der Waals surface area contributed by atoms with Gasteiger partial charge in [0.15, 0.2) is 5.78 Å². The Morgan fingerprint density at radius 3 is 2.59 bits per heavy atom. The fourth-order valence-corrected chi connectivity index (χ4v) is 7.90. The van der Waals surface area contributed by atoms with Gasteiger partial charge in [0.1, 0.15) is 17.9 Å². The first-order valence-electron chi connectivity index (χ1n) is 17.2. The van der Waals surface area contributed by atoms with Crippen LogP contribution >= 0.6 is 11.6 Å². The van der Waals surface area contributed by atoms with E-state index in [2.05, 4.69) is 29.2 Å². The van der Waals surface area contributed by atoms with E-state index < -0.39 is 11.9 Å². The summed E-state index contributed by atoms with van der Waals surface area (Å²) in [5, 5.41) is 10.4. The van der Waals surface area contributed by atoms with Crippen molar-refractivity contribution in [1.29, 1.82) is 5.26 Å². The molecule has 2 fully saturated rings. The number of aromatic nitrogens is 1. The average molecular weight is 681 g/mol. The van der Waals surface area contributed by atoms with E-state index >= 15 is 0 Å². The number of imide groups is 1. The predicted octanol–water partition coefficient (Wildman–Crippen LogP) is 8.45. The molecule has 252 valence electrons. The van der Waals surface area contributed by atoms with Gasteiger partial charge in [0, 0.05) is 41.7 Å². The summed E-state index contributed by atoms with van der Waals surface area (Å²) in [7, 11) is 0. The van der Waals surface area contributed by atoms with Gasteiger partial charge in [-0.25, -0.2) is 14.1 Å². The average Bonchev–Trinajstić information content (AvgIpc) is 3.72. The van der Waals surface area contributed by atoms with Crippen LogP contribution in [-0.4, -0.2) is 52.9 Å². The zero-order valence-corrected chi connectivity index (χ0v) is 28.2. The Balaban J connectivity index is 0.859. The number of benzene rings is 3. The van der Waals surface area contributed by atoms with Gasteiger partial charge in [0.05, 0.1) is 22.4 Å². The number of aromatic amines is 1. The number of ketones is 1. The number of H-pyrrole nitrogens is 1. The number of hydrogen-bond acceptors (Lipinski definition) is 5. The number of ether oxygens (including phenoxy) is 1. The zero-order chi connectivity index (χ0) is 34.2. The number of fused-ring (bicyclic) bond motifs is 1. The highest BCUT2D eigenvalue weighted by Crippen LogP contribution is 2.38. The number of nitrogens with zero attached hydrogens (tertiary/aromatic N) is 3. The minimum atomic E-state index is -0.638. The number of unbranched alkanes of at least 4 members (excludes halogenated alkanes) is 4. The molecule has 1 aromatic heterocycles. The molecule has 0 spiro atoms. The summed E-state index contributed by atoms with van der Waals surface area (Å²) in [5.74, 6) is -0.690. The molecule has 0 bridgehead atoms. The summed E-state index contributed by atoms with van der Waals surface area (Å²) in [4.78, 5) is 45.3. The molecular weight excluding hydrogens is 643 g/mol. The standard InChI is InChI=1S/C39H38ClFN4O4/c1-23-31(16-15-26(22-42)35(23)40)45-38(47)37-33(17-18-44(37)39(45)48)49-19-6-4-2-3-5-8-24-11-13-25(14-12-24)36-28-9-7-10-32(46)29-20-27(41)21-30(43-36)34(28)29/h11-16,20-21,33,37,43H,2-10,17-19H2,1H3/t33?,37-/m0/s1. The van der Waals surface area contributed by atoms with E-state index in [4.69, 9.17) is 16.3 Å². The van der Waals surface area contributed by atoms with Gasteiger partial charge < -0.3 is 14.6 Å². The molecule has 0 saturated carbocycles. The topological polar surface area (TPSA) is 106 Å². The van der Waals surface area contributed by atoms with E-state index in [1.807, 2.05) is 6.07 Å². The molecule has 7 rings (SSSR count). The molecule has 2 aliphatic heterocycles. The molecule has 3 heterocycles. The number of rotatable bonds is 11. The molecule has 1 aliphatic carbocycles. The van der Waals surface area contributed by atoms with Crippen LogP contribution in [-0.2, 0) is 22.4 Å². The third kappa shape index (κ3) is 6.13. The van der Waals surface area contributed by atoms with Crippen LogP contribution in [0.4, 0.5) is 14.9 Å². The van der Waals surface area contributed by atoms with Crippen molar-refractivity contribution in [2.75, 3.05) is 18.1 Å². The first-order valence-corrected chi connectivity index (χ1v) is 17.6. The van der Waals surface area contributed by atoms with Gasteiger partial charge in [0.2, 0.25) is 0 Å². The van der Waals surface area contributed by atoms with Gasteiger partial charge in [-0.05, 0) is 92.0 Å². The molecule has 4 aromatic rings. The highest BCUT2D eigenvalue weighted by Gasteiger charge is 2.53. The van der Waals surface area contributed by atoms with Crippen LogP contribution in [0.3, 0.4) is 0 Å². The normalized spacial score (nSPS) is 18.8. The second-order valence-electron chi connectivity index (χ2n) is 13.3. The van der Waals surface area contributed by atoms with Crippen molar-refractivity contribution < 1.29 is 23.5 Å². The van der Waals surface area contributed by atoms with Crippen molar-refractivity contribution in [2.45, 2.75) is 83.3 Å². The van der Waals surface area contributed by atoms with Gasteiger partial charge in [-0.1, -0.05) is 55.1 Å². The van der Waals surface area contributed by atoms with E-state index in [0.717, 1.165) is 73.6 Å². The minimum Gasteiger partial charge on any atom is -0.375 e. The van der Waals surface area contributed by atoms with Crippen LogP contribution < -0.4 is 4.90 Å². The summed E-state index contributed by atoms with van der Waals surface area (Å²) >= 11 is 6.32. The monoisotopic (exact) mass is 680 g/mol. The van der Waals surface area contributed by atoms with Gasteiger partial charge in [-0.15, -0.1) is 0 Å². The van der Waals surface area contributed by atoms with Crippen molar-refractivity contribution in [2.24, 2.45) is 0 Å². The Morgan fingerprint density at radius 1 is 1.02 bits per heavy atom. The predicted molar refractivity (Wildman–Crippen MR) is 186 cm³/mol. The van der Waals surface area contributed by atoms with Crippen LogP contribution in [0.2, 0.25) is 5.02 Å². The largest absolute Gasteiger partial charge is 0.375 e. The second kappa shape index (κ2) is 13.8. The lowest BCUT2D eigenvalue weighted by Gasteiger charge is -2.20. The van der Waals surface area contributed by atoms with Gasteiger partial charge in [-0.2, -0.15) is 5.26 Å². The van der Waals surface area contributed by atoms with E-state index in [-0.39, 0.29) is 28.8 Å². The Bertz CT molecular complexity index is 2000. The van der Waals surface area contributed by atoms with Crippen LogP contribution in [0.15, 0.2) is 48.5 Å². The van der Waals surface area contributed by atoms with Crippen LogP contribution in [0.1, 0.15) is 84.0 Å². The molecule has 3 aromatic carbocycles. The van der Waals surface area contributed by atoms with Gasteiger partial charge >= 0.3 is 6.03 Å². The van der Waals surface area contributed by atoms with Crippen LogP contribution in [0.25, 0.3) is 22.2 Å². The molecule has 1 N–H and O–H groups in total. The number of anilines is 1. The molecule has 3 aliphatic rings. The number of carbonyl (C=O) groups excluding carboxylic acids is 3. The van der Waals surface area contributed by atoms with Crippen molar-refractivity contribution in [1.82, 2.24) is 9.88 Å². The van der Waals surface area contributed by atoms with Crippen molar-refractivity contribution in [3.05, 3.63) is 87.2 Å². The van der Waals surface area contributed by atoms with E-state index in [9.17, 15) is 24.0 Å². The SMILES string of the molecule is Cc1c(N2C(=O)[C@@H]3C(OCCCCCCCc4ccc(-c5[nH]c6cc(F)cc7c6c5CCCC7=O)cc4)CCN3C2=O)ccc(C#N)c1Cl. The van der Waals surface area contributed by atoms with Gasteiger partial charge in [-0.3, -0.25) is 9.59 Å². The van der Waals surface area contributed by atoms with Crippen molar-refractivity contribution >= 4 is 45.9 Å². The molecule has 3 amide bonds. The summed E-state index contributed by atoms with van der Waals surface area (Å²) in [6.07, 6.45) is 8.44. The number of Topliss-reactive ketones (excluding diaryl/α,β-unsaturated/α-hetero) is 1. The number of amides is 3. The number of nitrogens with one attached hydrogen (secondary N) is 1. The lowest BCUT2D eigenvalue weighted by atomic mass is 9.98. The highest BCUT2D eigenvalue weighted by molar-refractivity contribution is 6.33. The summed E-state index contributed by atoms with van der Waals surface area (Å²) in [5.41, 5.74) is 6.81. The lowest BCUT2D eigenvalue weighted by Crippen LogP contribution is -2.38. The maximum atomic E-state index is 14.3. The zero-order valence-electron chi connectivity index (χ0n) is 27.5. The van der Waals surface area contributed by atoms with Crippen molar-refractivity contribution in [3.63, 3.8) is 0 Å². The second-order valence-corrected chi connectivity index (χ2v) is 13.7. The molecule has 0 radical (unpaired) electrons. The number of aryl methyl sites for hydroxylation is 2.